The second-order valence-corrected chi connectivity index (χ2v) is 4.97. The average Bonchev–Trinajstić information content (AvgIpc) is 2.82. The Labute approximate surface area is 119 Å². The molecule has 0 spiro atoms. The molecule has 0 amide bonds. The maximum Gasteiger partial charge on any atom is 0.150 e. The van der Waals surface area contributed by atoms with Gasteiger partial charge in [-0.15, -0.1) is 0 Å². The van der Waals surface area contributed by atoms with Crippen molar-refractivity contribution in [1.29, 1.82) is 0 Å². The third-order valence-electron chi connectivity index (χ3n) is 3.63. The number of fused-ring (bicyclic) bond motifs is 1. The van der Waals surface area contributed by atoms with Crippen LogP contribution in [0.5, 0.6) is 0 Å². The number of nitrogens with zero attached hydrogens (tertiary/aromatic N) is 2. The number of pyridine rings is 1. The summed E-state index contributed by atoms with van der Waals surface area (Å²) in [5, 5.41) is 4.71. The van der Waals surface area contributed by atoms with Crippen LogP contribution in [0.1, 0.15) is 18.2 Å². The summed E-state index contributed by atoms with van der Waals surface area (Å²) in [6.07, 6.45) is 1.87. The predicted octanol–water partition coefficient (Wildman–Crippen LogP) is 3.98. The number of anilines is 1. The van der Waals surface area contributed by atoms with Crippen LogP contribution in [0, 0.1) is 6.92 Å². The van der Waals surface area contributed by atoms with E-state index in [9.17, 15) is 0 Å². The lowest BCUT2D eigenvalue weighted by Gasteiger charge is -2.10. The zero-order chi connectivity index (χ0) is 13.9. The Kier molecular flexibility index (Phi) is 3.42. The Hall–Kier alpha value is -2.29. The standard InChI is InChI=1S/C17H19N3/c1-3-20-13(2)11-15-9-10-18-17(16(15)20)19-12-14-7-5-4-6-8-14/h4-11H,3,12H2,1-2H3,(H,18,19). The van der Waals surface area contributed by atoms with Crippen LogP contribution in [0.25, 0.3) is 10.9 Å². The van der Waals surface area contributed by atoms with Gasteiger partial charge in [0.15, 0.2) is 5.82 Å². The fourth-order valence-electron chi connectivity index (χ4n) is 2.67. The maximum atomic E-state index is 4.51. The lowest BCUT2D eigenvalue weighted by molar-refractivity contribution is 0.768. The summed E-state index contributed by atoms with van der Waals surface area (Å²) >= 11 is 0. The van der Waals surface area contributed by atoms with E-state index in [-0.39, 0.29) is 0 Å². The molecule has 2 heterocycles. The third-order valence-corrected chi connectivity index (χ3v) is 3.63. The zero-order valence-electron chi connectivity index (χ0n) is 11.9. The van der Waals surface area contributed by atoms with Crippen molar-refractivity contribution in [2.75, 3.05) is 5.32 Å². The maximum absolute atomic E-state index is 4.51. The zero-order valence-corrected chi connectivity index (χ0v) is 11.9. The highest BCUT2D eigenvalue weighted by Gasteiger charge is 2.09. The summed E-state index contributed by atoms with van der Waals surface area (Å²) in [5.41, 5.74) is 3.74. The Bertz CT molecular complexity index is 714. The van der Waals surface area contributed by atoms with Crippen molar-refractivity contribution < 1.29 is 0 Å². The van der Waals surface area contributed by atoms with E-state index in [0.29, 0.717) is 0 Å². The quantitative estimate of drug-likeness (QED) is 0.773. The summed E-state index contributed by atoms with van der Waals surface area (Å²) < 4.78 is 2.30. The lowest BCUT2D eigenvalue weighted by atomic mass is 10.2. The number of aromatic nitrogens is 2. The second kappa shape index (κ2) is 5.37. The summed E-state index contributed by atoms with van der Waals surface area (Å²) in [6, 6.07) is 14.7. The minimum Gasteiger partial charge on any atom is -0.364 e. The van der Waals surface area contributed by atoms with Crippen molar-refractivity contribution in [3.63, 3.8) is 0 Å². The van der Waals surface area contributed by atoms with Crippen LogP contribution in [-0.4, -0.2) is 9.55 Å². The van der Waals surface area contributed by atoms with Gasteiger partial charge in [0, 0.05) is 30.4 Å². The molecule has 0 aliphatic heterocycles. The van der Waals surface area contributed by atoms with Gasteiger partial charge in [-0.3, -0.25) is 0 Å². The smallest absolute Gasteiger partial charge is 0.150 e. The van der Waals surface area contributed by atoms with E-state index in [1.165, 1.54) is 22.2 Å². The highest BCUT2D eigenvalue weighted by Crippen LogP contribution is 2.25. The molecular formula is C17H19N3. The van der Waals surface area contributed by atoms with Crippen molar-refractivity contribution in [2.24, 2.45) is 0 Å². The minimum absolute atomic E-state index is 0.793. The second-order valence-electron chi connectivity index (χ2n) is 4.97. The molecule has 3 rings (SSSR count). The molecule has 102 valence electrons. The van der Waals surface area contributed by atoms with Gasteiger partial charge in [-0.05, 0) is 31.5 Å². The number of hydrogen-bond acceptors (Lipinski definition) is 2. The van der Waals surface area contributed by atoms with Crippen LogP contribution in [0.2, 0.25) is 0 Å². The molecule has 1 N–H and O–H groups in total. The number of aryl methyl sites for hydroxylation is 2. The van der Waals surface area contributed by atoms with Gasteiger partial charge in [0.2, 0.25) is 0 Å². The van der Waals surface area contributed by atoms with Gasteiger partial charge < -0.3 is 9.88 Å². The molecule has 3 aromatic rings. The predicted molar refractivity (Wildman–Crippen MR) is 83.9 cm³/mol. The fraction of sp³-hybridized carbons (Fsp3) is 0.235. The molecule has 1 aromatic carbocycles. The molecule has 3 heteroatoms. The van der Waals surface area contributed by atoms with Crippen molar-refractivity contribution in [3.05, 3.63) is 59.9 Å². The Morgan fingerprint density at radius 3 is 2.70 bits per heavy atom. The van der Waals surface area contributed by atoms with Crippen LogP contribution in [-0.2, 0) is 13.1 Å². The van der Waals surface area contributed by atoms with Crippen molar-refractivity contribution in [2.45, 2.75) is 26.9 Å². The van der Waals surface area contributed by atoms with Gasteiger partial charge in [-0.25, -0.2) is 4.98 Å². The van der Waals surface area contributed by atoms with Gasteiger partial charge in [-0.1, -0.05) is 30.3 Å². The number of benzene rings is 1. The topological polar surface area (TPSA) is 29.9 Å². The number of hydrogen-bond donors (Lipinski definition) is 1. The van der Waals surface area contributed by atoms with Gasteiger partial charge in [-0.2, -0.15) is 0 Å². The molecule has 0 radical (unpaired) electrons. The average molecular weight is 265 g/mol. The summed E-state index contributed by atoms with van der Waals surface area (Å²) in [5.74, 6) is 0.960. The van der Waals surface area contributed by atoms with E-state index in [2.05, 4.69) is 65.1 Å². The van der Waals surface area contributed by atoms with Crippen molar-refractivity contribution in [3.8, 4) is 0 Å². The number of rotatable bonds is 4. The van der Waals surface area contributed by atoms with Gasteiger partial charge in [0.25, 0.3) is 0 Å². The highest BCUT2D eigenvalue weighted by atomic mass is 15.1. The molecule has 20 heavy (non-hydrogen) atoms. The molecule has 0 fully saturated rings. The van der Waals surface area contributed by atoms with Crippen LogP contribution in [0.4, 0.5) is 5.82 Å². The van der Waals surface area contributed by atoms with E-state index in [1.54, 1.807) is 0 Å². The van der Waals surface area contributed by atoms with Crippen LogP contribution < -0.4 is 5.32 Å². The van der Waals surface area contributed by atoms with Gasteiger partial charge in [0.1, 0.15) is 0 Å². The van der Waals surface area contributed by atoms with E-state index < -0.39 is 0 Å². The minimum atomic E-state index is 0.793. The fourth-order valence-corrected chi connectivity index (χ4v) is 2.67. The monoisotopic (exact) mass is 265 g/mol. The molecule has 0 bridgehead atoms. The normalized spacial score (nSPS) is 10.9. The molecule has 0 atom stereocenters. The number of nitrogens with one attached hydrogen (secondary N) is 1. The van der Waals surface area contributed by atoms with E-state index >= 15 is 0 Å². The molecule has 0 saturated heterocycles. The molecule has 0 aliphatic rings. The van der Waals surface area contributed by atoms with Gasteiger partial charge >= 0.3 is 0 Å². The largest absolute Gasteiger partial charge is 0.364 e. The van der Waals surface area contributed by atoms with Crippen molar-refractivity contribution >= 4 is 16.7 Å². The Balaban J connectivity index is 1.95. The highest BCUT2D eigenvalue weighted by molar-refractivity contribution is 5.90. The summed E-state index contributed by atoms with van der Waals surface area (Å²) in [4.78, 5) is 4.51. The molecule has 0 aliphatic carbocycles. The first-order valence-corrected chi connectivity index (χ1v) is 7.02. The van der Waals surface area contributed by atoms with E-state index in [4.69, 9.17) is 0 Å². The first kappa shape index (κ1) is 12.7. The van der Waals surface area contributed by atoms with Gasteiger partial charge in [0.05, 0.1) is 5.52 Å². The Morgan fingerprint density at radius 2 is 1.95 bits per heavy atom. The first-order chi connectivity index (χ1) is 9.79. The van der Waals surface area contributed by atoms with Crippen molar-refractivity contribution in [1.82, 2.24) is 9.55 Å². The van der Waals surface area contributed by atoms with Crippen LogP contribution >= 0.6 is 0 Å². The van der Waals surface area contributed by atoms with E-state index in [0.717, 1.165) is 18.9 Å². The van der Waals surface area contributed by atoms with Crippen LogP contribution in [0.15, 0.2) is 48.7 Å². The summed E-state index contributed by atoms with van der Waals surface area (Å²) in [6.45, 7) is 6.06. The van der Waals surface area contributed by atoms with E-state index in [1.807, 2.05) is 12.3 Å². The Morgan fingerprint density at radius 1 is 1.15 bits per heavy atom. The molecular weight excluding hydrogens is 246 g/mol. The first-order valence-electron chi connectivity index (χ1n) is 7.02. The third kappa shape index (κ3) is 2.27. The lowest BCUT2D eigenvalue weighted by Crippen LogP contribution is -2.05. The molecule has 0 unspecified atom stereocenters. The van der Waals surface area contributed by atoms with Crippen LogP contribution in [0.3, 0.4) is 0 Å². The molecule has 3 nitrogen and oxygen atoms in total. The molecule has 0 saturated carbocycles. The molecule has 2 aromatic heterocycles. The SMILES string of the molecule is CCn1c(C)cc2ccnc(NCc3ccccc3)c21. The summed E-state index contributed by atoms with van der Waals surface area (Å²) in [7, 11) is 0.